The number of aromatic amines is 2. The molecule has 0 saturated heterocycles. The second-order valence-electron chi connectivity index (χ2n) is 6.04. The van der Waals surface area contributed by atoms with E-state index in [1.54, 1.807) is 12.1 Å². The lowest BCUT2D eigenvalue weighted by atomic mass is 9.99. The van der Waals surface area contributed by atoms with Crippen molar-refractivity contribution in [1.82, 2.24) is 9.97 Å². The van der Waals surface area contributed by atoms with Crippen LogP contribution in [0.5, 0.6) is 0 Å². The third kappa shape index (κ3) is 2.76. The van der Waals surface area contributed by atoms with Gasteiger partial charge < -0.3 is 9.97 Å². The van der Waals surface area contributed by atoms with Gasteiger partial charge in [-0.25, -0.2) is 0 Å². The number of nitrogens with one attached hydrogen (secondary N) is 2. The molecule has 122 valence electrons. The quantitative estimate of drug-likeness (QED) is 0.575. The molecule has 0 fully saturated rings. The van der Waals surface area contributed by atoms with Gasteiger partial charge in [-0.2, -0.15) is 0 Å². The van der Waals surface area contributed by atoms with E-state index < -0.39 is 0 Å². The third-order valence-corrected chi connectivity index (χ3v) is 4.09. The highest BCUT2D eigenvalue weighted by atomic mass is 16.6. The maximum Gasteiger partial charge on any atom is 0.269 e. The Balaban J connectivity index is 2.34. The SMILES string of the molecule is C=c1cc(C)/c(=C(\c2ccc([N+](=O)[O-])cc2)c2[nH]c(C)cc2C)[nH]1. The molecule has 2 aromatic heterocycles. The first-order valence-corrected chi connectivity index (χ1v) is 7.67. The topological polar surface area (TPSA) is 74.7 Å². The number of hydrogen-bond donors (Lipinski definition) is 2. The lowest BCUT2D eigenvalue weighted by Gasteiger charge is -2.08. The van der Waals surface area contributed by atoms with Gasteiger partial charge in [0, 0.05) is 28.7 Å². The molecule has 0 spiro atoms. The van der Waals surface area contributed by atoms with Crippen molar-refractivity contribution in [3.8, 4) is 0 Å². The van der Waals surface area contributed by atoms with E-state index >= 15 is 0 Å². The van der Waals surface area contributed by atoms with Gasteiger partial charge >= 0.3 is 0 Å². The average molecular weight is 321 g/mol. The molecule has 0 radical (unpaired) electrons. The van der Waals surface area contributed by atoms with Crippen molar-refractivity contribution in [2.75, 3.05) is 0 Å². The number of H-pyrrole nitrogens is 2. The number of nitro benzene ring substituents is 1. The number of aryl methyl sites for hydroxylation is 3. The third-order valence-electron chi connectivity index (χ3n) is 4.09. The number of rotatable bonds is 3. The second kappa shape index (κ2) is 5.85. The van der Waals surface area contributed by atoms with E-state index in [-0.39, 0.29) is 10.6 Å². The van der Waals surface area contributed by atoms with Crippen molar-refractivity contribution in [1.29, 1.82) is 0 Å². The number of non-ortho nitro benzene ring substituents is 1. The number of benzene rings is 1. The minimum absolute atomic E-state index is 0.0820. The highest BCUT2D eigenvalue weighted by Gasteiger charge is 2.15. The molecule has 5 heteroatoms. The number of nitro groups is 1. The Hall–Kier alpha value is -3.08. The van der Waals surface area contributed by atoms with E-state index in [1.807, 2.05) is 26.8 Å². The van der Waals surface area contributed by atoms with Crippen LogP contribution in [-0.2, 0) is 0 Å². The smallest absolute Gasteiger partial charge is 0.269 e. The molecule has 0 saturated carbocycles. The molecule has 3 aromatic rings. The van der Waals surface area contributed by atoms with E-state index in [2.05, 4.69) is 22.6 Å². The fourth-order valence-corrected chi connectivity index (χ4v) is 3.04. The van der Waals surface area contributed by atoms with E-state index in [4.69, 9.17) is 0 Å². The molecule has 0 aliphatic rings. The summed E-state index contributed by atoms with van der Waals surface area (Å²) < 4.78 is 0. The predicted molar refractivity (Wildman–Crippen MR) is 95.3 cm³/mol. The van der Waals surface area contributed by atoms with Crippen LogP contribution in [0, 0.1) is 30.9 Å². The largest absolute Gasteiger partial charge is 0.358 e. The Morgan fingerprint density at radius 2 is 1.71 bits per heavy atom. The molecule has 2 heterocycles. The number of aromatic nitrogens is 2. The first-order valence-electron chi connectivity index (χ1n) is 7.67. The van der Waals surface area contributed by atoms with Crippen LogP contribution in [0.4, 0.5) is 5.69 Å². The van der Waals surface area contributed by atoms with Gasteiger partial charge in [0.05, 0.1) is 16.0 Å². The fourth-order valence-electron chi connectivity index (χ4n) is 3.04. The predicted octanol–water partition coefficient (Wildman–Crippen LogP) is 2.83. The molecule has 3 rings (SSSR count). The standard InChI is InChI=1S/C19H19N3O2/c1-11-9-13(3)20-18(11)17(19-12(2)10-14(4)21-19)15-5-7-16(8-6-15)22(23)24/h5-10,20-21H,3H2,1-2,4H3/b18-17-. The Kier molecular flexibility index (Phi) is 3.85. The fraction of sp³-hybridized carbons (Fsp3) is 0.158. The summed E-state index contributed by atoms with van der Waals surface area (Å²) >= 11 is 0. The minimum atomic E-state index is -0.387. The number of nitrogens with zero attached hydrogens (tertiary/aromatic N) is 1. The summed E-state index contributed by atoms with van der Waals surface area (Å²) in [6.07, 6.45) is 0. The van der Waals surface area contributed by atoms with E-state index in [0.29, 0.717) is 0 Å². The van der Waals surface area contributed by atoms with Gasteiger partial charge in [0.15, 0.2) is 0 Å². The molecule has 5 nitrogen and oxygen atoms in total. The van der Waals surface area contributed by atoms with Crippen molar-refractivity contribution in [3.05, 3.63) is 85.3 Å². The Morgan fingerprint density at radius 1 is 1.04 bits per heavy atom. The van der Waals surface area contributed by atoms with Gasteiger partial charge in [0.25, 0.3) is 5.69 Å². The van der Waals surface area contributed by atoms with Crippen molar-refractivity contribution in [2.24, 2.45) is 0 Å². The number of hydrogen-bond acceptors (Lipinski definition) is 2. The minimum Gasteiger partial charge on any atom is -0.358 e. The van der Waals surface area contributed by atoms with E-state index in [1.165, 1.54) is 12.1 Å². The van der Waals surface area contributed by atoms with E-state index in [0.717, 1.165) is 44.3 Å². The van der Waals surface area contributed by atoms with Crippen LogP contribution in [0.15, 0.2) is 36.4 Å². The van der Waals surface area contributed by atoms with Crippen LogP contribution < -0.4 is 10.7 Å². The van der Waals surface area contributed by atoms with E-state index in [9.17, 15) is 10.1 Å². The average Bonchev–Trinajstić information content (AvgIpc) is 3.02. The lowest BCUT2D eigenvalue weighted by molar-refractivity contribution is -0.384. The molecule has 0 unspecified atom stereocenters. The highest BCUT2D eigenvalue weighted by Crippen LogP contribution is 2.25. The molecule has 0 aliphatic carbocycles. The van der Waals surface area contributed by atoms with Crippen LogP contribution >= 0.6 is 0 Å². The van der Waals surface area contributed by atoms with Crippen molar-refractivity contribution in [3.63, 3.8) is 0 Å². The maximum absolute atomic E-state index is 10.9. The molecular weight excluding hydrogens is 302 g/mol. The monoisotopic (exact) mass is 321 g/mol. The zero-order chi connectivity index (χ0) is 17.4. The summed E-state index contributed by atoms with van der Waals surface area (Å²) in [6.45, 7) is 10.1. The maximum atomic E-state index is 10.9. The summed E-state index contributed by atoms with van der Waals surface area (Å²) in [5.41, 5.74) is 6.27. The molecule has 1 aromatic carbocycles. The zero-order valence-electron chi connectivity index (χ0n) is 13.9. The van der Waals surface area contributed by atoms with Crippen LogP contribution in [0.1, 0.15) is 28.1 Å². The van der Waals surface area contributed by atoms with Crippen LogP contribution in [0.3, 0.4) is 0 Å². The molecule has 24 heavy (non-hydrogen) atoms. The van der Waals surface area contributed by atoms with Crippen molar-refractivity contribution < 1.29 is 4.92 Å². The van der Waals surface area contributed by atoms with Crippen molar-refractivity contribution in [2.45, 2.75) is 20.8 Å². The summed E-state index contributed by atoms with van der Waals surface area (Å²) in [4.78, 5) is 17.2. The van der Waals surface area contributed by atoms with Gasteiger partial charge in [0.2, 0.25) is 0 Å². The van der Waals surface area contributed by atoms with Crippen LogP contribution in [0.2, 0.25) is 0 Å². The molecule has 0 aliphatic heterocycles. The van der Waals surface area contributed by atoms with Gasteiger partial charge in [-0.3, -0.25) is 10.1 Å². The first-order chi connectivity index (χ1) is 11.4. The summed E-state index contributed by atoms with van der Waals surface area (Å²) in [6, 6.07) is 10.7. The second-order valence-corrected chi connectivity index (χ2v) is 6.04. The Bertz CT molecular complexity index is 1020. The van der Waals surface area contributed by atoms with Gasteiger partial charge in [-0.15, -0.1) is 0 Å². The van der Waals surface area contributed by atoms with Gasteiger partial charge in [-0.05, 0) is 61.7 Å². The van der Waals surface area contributed by atoms with Crippen LogP contribution in [0.25, 0.3) is 12.2 Å². The Labute approximate surface area is 139 Å². The molecule has 2 N–H and O–H groups in total. The normalized spacial score (nSPS) is 12.3. The zero-order valence-corrected chi connectivity index (χ0v) is 13.9. The van der Waals surface area contributed by atoms with Gasteiger partial charge in [0.1, 0.15) is 0 Å². The van der Waals surface area contributed by atoms with Crippen molar-refractivity contribution >= 4 is 17.8 Å². The molecule has 0 amide bonds. The van der Waals surface area contributed by atoms with Crippen LogP contribution in [-0.4, -0.2) is 14.9 Å². The summed E-state index contributed by atoms with van der Waals surface area (Å²) in [5, 5.41) is 12.7. The Morgan fingerprint density at radius 3 is 2.17 bits per heavy atom. The highest BCUT2D eigenvalue weighted by molar-refractivity contribution is 5.79. The molecule has 0 atom stereocenters. The summed E-state index contributed by atoms with van der Waals surface area (Å²) in [7, 11) is 0. The molecular formula is C19H19N3O2. The first kappa shape index (κ1) is 15.8. The lowest BCUT2D eigenvalue weighted by Crippen LogP contribution is -2.16. The summed E-state index contributed by atoms with van der Waals surface area (Å²) in [5.74, 6) is 0. The molecule has 0 bridgehead atoms. The van der Waals surface area contributed by atoms with Gasteiger partial charge in [-0.1, -0.05) is 6.58 Å².